The van der Waals surface area contributed by atoms with Crippen molar-refractivity contribution in [1.29, 1.82) is 0 Å². The third-order valence-electron chi connectivity index (χ3n) is 5.81. The second kappa shape index (κ2) is 10.9. The Balaban J connectivity index is 1.41. The van der Waals surface area contributed by atoms with E-state index in [-0.39, 0.29) is 23.0 Å². The van der Waals surface area contributed by atoms with Crippen LogP contribution in [0.15, 0.2) is 53.4 Å². The molecule has 0 unspecified atom stereocenters. The van der Waals surface area contributed by atoms with Gasteiger partial charge in [0, 0.05) is 45.7 Å². The normalized spacial score (nSPS) is 15.7. The summed E-state index contributed by atoms with van der Waals surface area (Å²) in [6, 6.07) is 15.0. The predicted octanol–water partition coefficient (Wildman–Crippen LogP) is 2.61. The van der Waals surface area contributed by atoms with Crippen molar-refractivity contribution in [3.63, 3.8) is 0 Å². The van der Waals surface area contributed by atoms with Crippen LogP contribution in [0.3, 0.4) is 0 Å². The first-order valence-corrected chi connectivity index (χ1v) is 12.6. The van der Waals surface area contributed by atoms with Gasteiger partial charge >= 0.3 is 0 Å². The lowest BCUT2D eigenvalue weighted by Crippen LogP contribution is -2.45. The third kappa shape index (κ3) is 7.16. The zero-order chi connectivity index (χ0) is 22.3. The Hall–Kier alpha value is -2.22. The van der Waals surface area contributed by atoms with Gasteiger partial charge in [-0.05, 0) is 36.7 Å². The zero-order valence-electron chi connectivity index (χ0n) is 18.5. The number of hydrogen-bond donors (Lipinski definition) is 1. The molecule has 1 amide bonds. The van der Waals surface area contributed by atoms with Crippen molar-refractivity contribution in [2.45, 2.75) is 38.3 Å². The summed E-state index contributed by atoms with van der Waals surface area (Å²) < 4.78 is 24.7. The van der Waals surface area contributed by atoms with Gasteiger partial charge in [0.05, 0.1) is 10.6 Å². The monoisotopic (exact) mass is 443 g/mol. The quantitative estimate of drug-likeness (QED) is 0.645. The summed E-state index contributed by atoms with van der Waals surface area (Å²) in [5.74, 6) is -0.444. The summed E-state index contributed by atoms with van der Waals surface area (Å²) in [7, 11) is -3.45. The first kappa shape index (κ1) is 23.4. The van der Waals surface area contributed by atoms with E-state index in [1.54, 1.807) is 24.3 Å². The van der Waals surface area contributed by atoms with Gasteiger partial charge in [0.25, 0.3) is 0 Å². The molecule has 31 heavy (non-hydrogen) atoms. The molecule has 0 aliphatic carbocycles. The van der Waals surface area contributed by atoms with Crippen molar-refractivity contribution < 1.29 is 13.2 Å². The molecule has 3 rings (SSSR count). The highest BCUT2D eigenvalue weighted by Crippen LogP contribution is 2.13. The van der Waals surface area contributed by atoms with Crippen LogP contribution in [0.5, 0.6) is 0 Å². The molecule has 2 aromatic carbocycles. The number of benzene rings is 2. The van der Waals surface area contributed by atoms with Crippen molar-refractivity contribution in [3.8, 4) is 0 Å². The lowest BCUT2D eigenvalue weighted by atomic mass is 10.1. The van der Waals surface area contributed by atoms with Gasteiger partial charge in [0.2, 0.25) is 5.91 Å². The van der Waals surface area contributed by atoms with Crippen LogP contribution in [-0.2, 0) is 27.7 Å². The van der Waals surface area contributed by atoms with E-state index in [1.165, 1.54) is 5.56 Å². The summed E-state index contributed by atoms with van der Waals surface area (Å²) in [4.78, 5) is 17.3. The first-order chi connectivity index (χ1) is 14.9. The molecule has 1 heterocycles. The molecule has 0 saturated carbocycles. The maximum absolute atomic E-state index is 12.4. The minimum absolute atomic E-state index is 0.0436. The summed E-state index contributed by atoms with van der Waals surface area (Å²) in [6.45, 7) is 11.0. The zero-order valence-corrected chi connectivity index (χ0v) is 19.3. The molecule has 0 spiro atoms. The number of carbonyl (C=O) groups is 1. The van der Waals surface area contributed by atoms with Crippen LogP contribution in [0.4, 0.5) is 0 Å². The number of aryl methyl sites for hydroxylation is 1. The van der Waals surface area contributed by atoms with E-state index in [1.807, 2.05) is 19.1 Å². The molecule has 1 aliphatic rings. The fraction of sp³-hybridized carbons (Fsp3) is 0.458. The van der Waals surface area contributed by atoms with Crippen LogP contribution >= 0.6 is 0 Å². The van der Waals surface area contributed by atoms with Crippen LogP contribution in [0, 0.1) is 6.92 Å². The van der Waals surface area contributed by atoms with Crippen molar-refractivity contribution in [1.82, 2.24) is 15.1 Å². The van der Waals surface area contributed by atoms with Crippen molar-refractivity contribution in [3.05, 3.63) is 65.2 Å². The number of carbonyl (C=O) groups excluding carboxylic acids is 1. The first-order valence-electron chi connectivity index (χ1n) is 10.9. The smallest absolute Gasteiger partial charge is 0.221 e. The standard InChI is InChI=1S/C24H33N3O3S/c1-3-26-13-15-27(16-14-26)19-22-8-6-21(7-9-22)18-25-24(28)12-17-31(29,30)23-10-4-20(2)5-11-23/h4-11H,3,12-19H2,1-2H3,(H,25,28). The molecule has 1 fully saturated rings. The molecule has 6 nitrogen and oxygen atoms in total. The molecular formula is C24H33N3O3S. The Morgan fingerprint density at radius 3 is 2.10 bits per heavy atom. The van der Waals surface area contributed by atoms with E-state index in [0.29, 0.717) is 6.54 Å². The number of piperazine rings is 1. The van der Waals surface area contributed by atoms with Crippen LogP contribution in [-0.4, -0.2) is 62.6 Å². The average Bonchev–Trinajstić information content (AvgIpc) is 2.78. The Bertz CT molecular complexity index is 949. The van der Waals surface area contributed by atoms with Gasteiger partial charge in [-0.15, -0.1) is 0 Å². The summed E-state index contributed by atoms with van der Waals surface area (Å²) >= 11 is 0. The Kier molecular flexibility index (Phi) is 8.23. The van der Waals surface area contributed by atoms with E-state index in [2.05, 4.69) is 34.2 Å². The highest BCUT2D eigenvalue weighted by atomic mass is 32.2. The number of likely N-dealkylation sites (N-methyl/N-ethyl adjacent to an activating group) is 1. The van der Waals surface area contributed by atoms with Crippen molar-refractivity contribution in [2.24, 2.45) is 0 Å². The molecule has 1 aliphatic heterocycles. The molecule has 168 valence electrons. The molecule has 1 N–H and O–H groups in total. The second-order valence-electron chi connectivity index (χ2n) is 8.19. The fourth-order valence-corrected chi connectivity index (χ4v) is 4.90. The van der Waals surface area contributed by atoms with Gasteiger partial charge in [-0.25, -0.2) is 8.42 Å². The maximum atomic E-state index is 12.4. The van der Waals surface area contributed by atoms with Crippen LogP contribution in [0.2, 0.25) is 0 Å². The molecule has 0 aromatic heterocycles. The van der Waals surface area contributed by atoms with Gasteiger partial charge in [0.15, 0.2) is 9.84 Å². The molecule has 7 heteroatoms. The number of hydrogen-bond acceptors (Lipinski definition) is 5. The van der Waals surface area contributed by atoms with Crippen molar-refractivity contribution in [2.75, 3.05) is 38.5 Å². The molecule has 2 aromatic rings. The average molecular weight is 444 g/mol. The Morgan fingerprint density at radius 2 is 1.48 bits per heavy atom. The number of nitrogens with zero attached hydrogens (tertiary/aromatic N) is 2. The predicted molar refractivity (Wildman–Crippen MR) is 124 cm³/mol. The largest absolute Gasteiger partial charge is 0.352 e. The molecule has 0 radical (unpaired) electrons. The summed E-state index contributed by atoms with van der Waals surface area (Å²) in [6.07, 6.45) is -0.0436. The topological polar surface area (TPSA) is 69.7 Å². The minimum atomic E-state index is -3.45. The van der Waals surface area contributed by atoms with Crippen LogP contribution in [0.25, 0.3) is 0 Å². The lowest BCUT2D eigenvalue weighted by molar-refractivity contribution is -0.120. The Morgan fingerprint density at radius 1 is 0.903 bits per heavy atom. The van der Waals surface area contributed by atoms with Gasteiger partial charge in [-0.2, -0.15) is 0 Å². The number of amides is 1. The van der Waals surface area contributed by atoms with Gasteiger partial charge in [0.1, 0.15) is 0 Å². The summed E-state index contributed by atoms with van der Waals surface area (Å²) in [5, 5.41) is 2.82. The number of sulfone groups is 1. The van der Waals surface area contributed by atoms with Crippen LogP contribution < -0.4 is 5.32 Å². The summed E-state index contributed by atoms with van der Waals surface area (Å²) in [5.41, 5.74) is 3.28. The maximum Gasteiger partial charge on any atom is 0.221 e. The SMILES string of the molecule is CCN1CCN(Cc2ccc(CNC(=O)CCS(=O)(=O)c3ccc(C)cc3)cc2)CC1. The number of rotatable bonds is 9. The van der Waals surface area contributed by atoms with E-state index in [0.717, 1.165) is 50.4 Å². The molecular weight excluding hydrogens is 410 g/mol. The number of nitrogens with one attached hydrogen (secondary N) is 1. The van der Waals surface area contributed by atoms with E-state index >= 15 is 0 Å². The lowest BCUT2D eigenvalue weighted by Gasteiger charge is -2.34. The molecule has 0 bridgehead atoms. The van der Waals surface area contributed by atoms with Crippen molar-refractivity contribution >= 4 is 15.7 Å². The van der Waals surface area contributed by atoms with Gasteiger partial charge in [-0.1, -0.05) is 48.9 Å². The van der Waals surface area contributed by atoms with E-state index < -0.39 is 9.84 Å². The molecule has 0 atom stereocenters. The third-order valence-corrected chi connectivity index (χ3v) is 7.54. The fourth-order valence-electron chi connectivity index (χ4n) is 3.66. The molecule has 1 saturated heterocycles. The minimum Gasteiger partial charge on any atom is -0.352 e. The highest BCUT2D eigenvalue weighted by Gasteiger charge is 2.17. The highest BCUT2D eigenvalue weighted by molar-refractivity contribution is 7.91. The van der Waals surface area contributed by atoms with Gasteiger partial charge < -0.3 is 10.2 Å². The van der Waals surface area contributed by atoms with Crippen LogP contribution in [0.1, 0.15) is 30.0 Å². The van der Waals surface area contributed by atoms with E-state index in [9.17, 15) is 13.2 Å². The Labute approximate surface area is 186 Å². The van der Waals surface area contributed by atoms with Gasteiger partial charge in [-0.3, -0.25) is 9.69 Å². The second-order valence-corrected chi connectivity index (χ2v) is 10.3. The van der Waals surface area contributed by atoms with E-state index in [4.69, 9.17) is 0 Å².